The van der Waals surface area contributed by atoms with Crippen molar-refractivity contribution in [3.05, 3.63) is 67.4 Å². The van der Waals surface area contributed by atoms with Crippen LogP contribution in [0.5, 0.6) is 0 Å². The van der Waals surface area contributed by atoms with E-state index in [1.807, 2.05) is 25.1 Å². The van der Waals surface area contributed by atoms with Gasteiger partial charge in [0, 0.05) is 22.1 Å². The number of carbonyl (C=O) groups excluding carboxylic acids is 2. The van der Waals surface area contributed by atoms with Crippen molar-refractivity contribution in [1.29, 1.82) is 0 Å². The van der Waals surface area contributed by atoms with Gasteiger partial charge in [0.1, 0.15) is 9.83 Å². The molecule has 4 heterocycles. The molecule has 198 valence electrons. The lowest BCUT2D eigenvalue weighted by atomic mass is 9.88. The average Bonchev–Trinajstić information content (AvgIpc) is 3.44. The van der Waals surface area contributed by atoms with Gasteiger partial charge in [0.25, 0.3) is 5.56 Å². The van der Waals surface area contributed by atoms with Crippen LogP contribution in [0.25, 0.3) is 10.2 Å². The maximum atomic E-state index is 13.4. The minimum absolute atomic E-state index is 0.0416. The minimum Gasteiger partial charge on any atom is -0.462 e. The number of esters is 1. The number of aryl methyl sites for hydroxylation is 1. The van der Waals surface area contributed by atoms with Crippen LogP contribution in [0.3, 0.4) is 0 Å². The fourth-order valence-corrected chi connectivity index (χ4v) is 7.72. The molecule has 1 aliphatic carbocycles. The van der Waals surface area contributed by atoms with Crippen LogP contribution in [0.15, 0.2) is 40.5 Å². The van der Waals surface area contributed by atoms with Crippen LogP contribution in [0.2, 0.25) is 0 Å². The molecule has 0 spiro atoms. The minimum atomic E-state index is -0.395. The van der Waals surface area contributed by atoms with Crippen molar-refractivity contribution in [2.24, 2.45) is 5.92 Å². The Morgan fingerprint density at radius 3 is 2.82 bits per heavy atom. The first kappa shape index (κ1) is 26.6. The van der Waals surface area contributed by atoms with Crippen LogP contribution in [0.4, 0.5) is 5.00 Å². The lowest BCUT2D eigenvalue weighted by molar-refractivity contribution is -0.113. The van der Waals surface area contributed by atoms with Gasteiger partial charge in [-0.3, -0.25) is 19.1 Å². The highest BCUT2D eigenvalue weighted by Gasteiger charge is 2.29. The maximum absolute atomic E-state index is 13.4. The summed E-state index contributed by atoms with van der Waals surface area (Å²) >= 11 is 4.14. The summed E-state index contributed by atoms with van der Waals surface area (Å²) in [6.45, 7) is 6.52. The van der Waals surface area contributed by atoms with E-state index < -0.39 is 5.97 Å². The van der Waals surface area contributed by atoms with Gasteiger partial charge < -0.3 is 10.1 Å². The number of ether oxygens (including phenoxy) is 1. The molecule has 38 heavy (non-hydrogen) atoms. The third-order valence-corrected chi connectivity index (χ3v) is 9.50. The molecule has 4 aromatic rings. The number of fused-ring (bicyclic) bond motifs is 2. The van der Waals surface area contributed by atoms with Gasteiger partial charge in [0.15, 0.2) is 5.16 Å². The van der Waals surface area contributed by atoms with Crippen molar-refractivity contribution in [2.75, 3.05) is 17.7 Å². The van der Waals surface area contributed by atoms with E-state index in [9.17, 15) is 14.4 Å². The quantitative estimate of drug-likeness (QED) is 0.175. The molecule has 1 atom stereocenters. The maximum Gasteiger partial charge on any atom is 0.341 e. The average molecular weight is 569 g/mol. The molecule has 0 aliphatic heterocycles. The number of aromatic nitrogens is 3. The van der Waals surface area contributed by atoms with Gasteiger partial charge in [-0.05, 0) is 68.4 Å². The molecule has 1 amide bonds. The van der Waals surface area contributed by atoms with Crippen molar-refractivity contribution >= 4 is 61.5 Å². The van der Waals surface area contributed by atoms with E-state index in [4.69, 9.17) is 9.72 Å². The van der Waals surface area contributed by atoms with E-state index in [-0.39, 0.29) is 23.8 Å². The van der Waals surface area contributed by atoms with Gasteiger partial charge in [-0.25, -0.2) is 9.78 Å². The van der Waals surface area contributed by atoms with E-state index in [1.165, 1.54) is 34.4 Å². The number of anilines is 1. The summed E-state index contributed by atoms with van der Waals surface area (Å²) < 4.78 is 6.93. The summed E-state index contributed by atoms with van der Waals surface area (Å²) in [4.78, 5) is 50.9. The second-order valence-corrected chi connectivity index (χ2v) is 12.6. The van der Waals surface area contributed by atoms with Crippen molar-refractivity contribution in [3.8, 4) is 0 Å². The van der Waals surface area contributed by atoms with Crippen molar-refractivity contribution in [3.63, 3.8) is 0 Å². The zero-order valence-electron chi connectivity index (χ0n) is 21.4. The topological polar surface area (TPSA) is 103 Å². The summed E-state index contributed by atoms with van der Waals surface area (Å²) in [5.74, 6) is -0.0811. The Balaban J connectivity index is 1.40. The van der Waals surface area contributed by atoms with Gasteiger partial charge in [-0.2, -0.15) is 0 Å². The zero-order valence-corrected chi connectivity index (χ0v) is 23.9. The van der Waals surface area contributed by atoms with Crippen molar-refractivity contribution < 1.29 is 14.3 Å². The highest BCUT2D eigenvalue weighted by atomic mass is 32.2. The number of amides is 1. The predicted molar refractivity (Wildman–Crippen MR) is 153 cm³/mol. The molecule has 1 aliphatic rings. The van der Waals surface area contributed by atoms with Gasteiger partial charge in [0.05, 0.1) is 29.9 Å². The second kappa shape index (κ2) is 11.4. The molecular formula is C27H28N4O4S3. The second-order valence-electron chi connectivity index (χ2n) is 9.33. The summed E-state index contributed by atoms with van der Waals surface area (Å²) in [6, 6.07) is 5.57. The largest absolute Gasteiger partial charge is 0.462 e. The predicted octanol–water partition coefficient (Wildman–Crippen LogP) is 5.30. The van der Waals surface area contributed by atoms with Crippen LogP contribution < -0.4 is 10.9 Å². The first-order chi connectivity index (χ1) is 18.3. The lowest BCUT2D eigenvalue weighted by Crippen LogP contribution is -2.24. The summed E-state index contributed by atoms with van der Waals surface area (Å²) in [6.07, 6.45) is 6.07. The van der Waals surface area contributed by atoms with E-state index >= 15 is 0 Å². The van der Waals surface area contributed by atoms with Gasteiger partial charge in [-0.15, -0.1) is 22.7 Å². The van der Waals surface area contributed by atoms with Crippen LogP contribution in [0, 0.1) is 12.8 Å². The number of thioether (sulfide) groups is 1. The Morgan fingerprint density at radius 2 is 2.05 bits per heavy atom. The molecule has 11 heteroatoms. The van der Waals surface area contributed by atoms with E-state index in [1.54, 1.807) is 23.9 Å². The molecule has 8 nitrogen and oxygen atoms in total. The first-order valence-corrected chi connectivity index (χ1v) is 15.1. The van der Waals surface area contributed by atoms with Gasteiger partial charge >= 0.3 is 5.97 Å². The number of thiophene rings is 2. The summed E-state index contributed by atoms with van der Waals surface area (Å²) in [5, 5.41) is 4.55. The fourth-order valence-electron chi connectivity index (χ4n) is 4.59. The Kier molecular flexibility index (Phi) is 7.96. The van der Waals surface area contributed by atoms with Gasteiger partial charge in [-0.1, -0.05) is 18.7 Å². The number of hydrogen-bond acceptors (Lipinski definition) is 9. The molecule has 0 bridgehead atoms. The Morgan fingerprint density at radius 1 is 1.26 bits per heavy atom. The molecule has 1 N–H and O–H groups in total. The van der Waals surface area contributed by atoms with Crippen LogP contribution in [0.1, 0.15) is 51.5 Å². The number of pyridine rings is 1. The first-order valence-electron chi connectivity index (χ1n) is 12.5. The third kappa shape index (κ3) is 5.55. The molecule has 0 saturated heterocycles. The van der Waals surface area contributed by atoms with Crippen LogP contribution in [-0.4, -0.2) is 38.8 Å². The third-order valence-electron chi connectivity index (χ3n) is 6.41. The monoisotopic (exact) mass is 568 g/mol. The van der Waals surface area contributed by atoms with Crippen LogP contribution in [-0.2, 0) is 28.9 Å². The number of nitrogens with zero attached hydrogens (tertiary/aromatic N) is 3. The Labute approximate surface area is 232 Å². The molecule has 0 saturated carbocycles. The van der Waals surface area contributed by atoms with Crippen molar-refractivity contribution in [2.45, 2.75) is 51.7 Å². The zero-order chi connectivity index (χ0) is 26.8. The van der Waals surface area contributed by atoms with Crippen LogP contribution >= 0.6 is 34.4 Å². The van der Waals surface area contributed by atoms with E-state index in [2.05, 4.69) is 17.2 Å². The Hall–Kier alpha value is -3.02. The molecule has 0 aromatic carbocycles. The molecule has 5 rings (SSSR count). The molecule has 4 aromatic heterocycles. The van der Waals surface area contributed by atoms with E-state index in [0.717, 1.165) is 40.1 Å². The smallest absolute Gasteiger partial charge is 0.341 e. The summed E-state index contributed by atoms with van der Waals surface area (Å²) in [7, 11) is 0. The van der Waals surface area contributed by atoms with E-state index in [0.29, 0.717) is 38.4 Å². The number of hydrogen-bond donors (Lipinski definition) is 1. The molecular weight excluding hydrogens is 541 g/mol. The highest BCUT2D eigenvalue weighted by molar-refractivity contribution is 7.99. The SMILES string of the molecule is CCOC(=O)c1c(NC(=O)CSc2nc3sc(C)cc3c(=O)n2Cc2ccncc2)sc2c1CC[C@H](C)C2. The molecule has 0 unspecified atom stereocenters. The van der Waals surface area contributed by atoms with Gasteiger partial charge in [0.2, 0.25) is 5.91 Å². The number of carbonyl (C=O) groups is 2. The normalized spacial score (nSPS) is 14.9. The number of nitrogens with one attached hydrogen (secondary N) is 1. The standard InChI is InChI=1S/C27H28N4O4S3/c1-4-35-26(34)22-18-6-5-15(2)11-20(18)38-24(22)29-21(32)14-36-27-30-23-19(12-16(3)37-23)25(33)31(27)13-17-7-9-28-10-8-17/h7-10,12,15H,4-6,11,13-14H2,1-3H3,(H,29,32)/t15-/m0/s1. The lowest BCUT2D eigenvalue weighted by Gasteiger charge is -2.18. The highest BCUT2D eigenvalue weighted by Crippen LogP contribution is 2.40. The summed E-state index contributed by atoms with van der Waals surface area (Å²) in [5.41, 5.74) is 2.27. The fraction of sp³-hybridized carbons (Fsp3) is 0.370. The number of rotatable bonds is 8. The Bertz CT molecular complexity index is 1560. The molecule has 0 radical (unpaired) electrons. The molecule has 0 fully saturated rings. The van der Waals surface area contributed by atoms with Crippen molar-refractivity contribution in [1.82, 2.24) is 14.5 Å².